The maximum absolute atomic E-state index is 12.9. The number of carboxylic acid groups (broad SMARTS) is 1. The normalized spacial score (nSPS) is 16.5. The second-order valence-electron chi connectivity index (χ2n) is 7.63. The van der Waals surface area contributed by atoms with E-state index in [2.05, 4.69) is 15.3 Å². The molecule has 3 aromatic carbocycles. The van der Waals surface area contributed by atoms with Crippen LogP contribution in [0.4, 0.5) is 11.4 Å². The van der Waals surface area contributed by atoms with Gasteiger partial charge in [0.05, 0.1) is 10.6 Å². The van der Waals surface area contributed by atoms with Crippen molar-refractivity contribution < 1.29 is 40.6 Å². The van der Waals surface area contributed by atoms with Crippen molar-refractivity contribution in [3.05, 3.63) is 60.2 Å². The molecule has 16 heteroatoms. The number of carbonyl (C=O) groups excluding carboxylic acids is 1. The first kappa shape index (κ1) is 26.0. The van der Waals surface area contributed by atoms with Crippen LogP contribution < -0.4 is 10.7 Å². The smallest absolute Gasteiger partial charge is 0.355 e. The molecule has 0 aliphatic carbocycles. The molecule has 0 radical (unpaired) electrons. The van der Waals surface area contributed by atoms with E-state index in [1.807, 2.05) is 0 Å². The third-order valence-electron chi connectivity index (χ3n) is 5.35. The van der Waals surface area contributed by atoms with E-state index >= 15 is 0 Å². The van der Waals surface area contributed by atoms with E-state index in [-0.39, 0.29) is 23.3 Å². The van der Waals surface area contributed by atoms with E-state index in [9.17, 15) is 36.1 Å². The first-order valence-corrected chi connectivity index (χ1v) is 13.1. The molecule has 0 saturated carbocycles. The molecule has 37 heavy (non-hydrogen) atoms. The zero-order valence-corrected chi connectivity index (χ0v) is 20.1. The topological polar surface area (TPSA) is 229 Å². The van der Waals surface area contributed by atoms with E-state index in [0.29, 0.717) is 16.0 Å². The summed E-state index contributed by atoms with van der Waals surface area (Å²) in [6.07, 6.45) is 0. The minimum atomic E-state index is -4.85. The molecule has 1 heterocycles. The van der Waals surface area contributed by atoms with Gasteiger partial charge in [0.25, 0.3) is 26.1 Å². The zero-order chi connectivity index (χ0) is 27.1. The van der Waals surface area contributed by atoms with E-state index in [1.165, 1.54) is 24.3 Å². The molecular weight excluding hydrogens is 530 g/mol. The summed E-state index contributed by atoms with van der Waals surface area (Å²) in [5, 5.41) is 21.9. The van der Waals surface area contributed by atoms with Crippen LogP contribution >= 0.6 is 0 Å². The van der Waals surface area contributed by atoms with Gasteiger partial charge in [-0.3, -0.25) is 13.9 Å². The van der Waals surface area contributed by atoms with Gasteiger partial charge in [-0.25, -0.2) is 4.79 Å². The Labute approximate surface area is 209 Å². The first-order valence-electron chi connectivity index (χ1n) is 10.2. The lowest BCUT2D eigenvalue weighted by Gasteiger charge is -2.13. The molecule has 0 saturated heterocycles. The van der Waals surface area contributed by atoms with Gasteiger partial charge in [-0.15, -0.1) is 0 Å². The first-order chi connectivity index (χ1) is 17.3. The van der Waals surface area contributed by atoms with Crippen molar-refractivity contribution in [2.45, 2.75) is 22.4 Å². The van der Waals surface area contributed by atoms with Crippen LogP contribution in [0.3, 0.4) is 0 Å². The Bertz CT molecular complexity index is 1720. The van der Waals surface area contributed by atoms with Crippen molar-refractivity contribution in [3.63, 3.8) is 0 Å². The van der Waals surface area contributed by atoms with Gasteiger partial charge in [0, 0.05) is 11.9 Å². The van der Waals surface area contributed by atoms with Gasteiger partial charge in [-0.2, -0.15) is 37.2 Å². The molecule has 5 N–H and O–H groups in total. The number of anilines is 1. The van der Waals surface area contributed by atoms with Crippen LogP contribution in [0.2, 0.25) is 0 Å². The monoisotopic (exact) mass is 547 g/mol. The number of fused-ring (bicyclic) bond motifs is 1. The van der Waals surface area contributed by atoms with Gasteiger partial charge in [-0.05, 0) is 41.3 Å². The number of rotatable bonds is 7. The number of nitrogens with zero attached hydrogens (tertiary/aromatic N) is 4. The Morgan fingerprint density at radius 3 is 2.22 bits per heavy atom. The lowest BCUT2D eigenvalue weighted by molar-refractivity contribution is -0.130. The summed E-state index contributed by atoms with van der Waals surface area (Å²) in [6.45, 7) is 0.0825. The Morgan fingerprint density at radius 1 is 0.973 bits per heavy atom. The number of carbonyl (C=O) groups is 2. The fourth-order valence-electron chi connectivity index (χ4n) is 3.68. The number of carboxylic acids is 1. The van der Waals surface area contributed by atoms with Gasteiger partial charge >= 0.3 is 5.97 Å². The van der Waals surface area contributed by atoms with Crippen LogP contribution in [-0.2, 0) is 36.4 Å². The predicted octanol–water partition coefficient (Wildman–Crippen LogP) is 1.73. The molecule has 1 amide bonds. The number of amides is 1. The average molecular weight is 548 g/mol. The minimum Gasteiger partial charge on any atom is -0.477 e. The highest BCUT2D eigenvalue weighted by Gasteiger charge is 2.41. The molecular formula is C21H17N5O9S2. The van der Waals surface area contributed by atoms with Gasteiger partial charge in [0.2, 0.25) is 6.04 Å². The second kappa shape index (κ2) is 9.41. The SMILES string of the molecule is NCc1cccc2c(S(=O)(=O)O)c(N=NC3C(=O)N(c4ccc(S(=O)(=O)O)cc4)N=C3C(=O)O)ccc12. The maximum Gasteiger partial charge on any atom is 0.355 e. The summed E-state index contributed by atoms with van der Waals surface area (Å²) in [6, 6.07) is 9.71. The highest BCUT2D eigenvalue weighted by atomic mass is 32.2. The summed E-state index contributed by atoms with van der Waals surface area (Å²) in [5.74, 6) is -2.60. The predicted molar refractivity (Wildman–Crippen MR) is 129 cm³/mol. The van der Waals surface area contributed by atoms with Crippen molar-refractivity contribution in [1.82, 2.24) is 0 Å². The molecule has 1 atom stereocenters. The van der Waals surface area contributed by atoms with E-state index in [0.717, 1.165) is 24.3 Å². The van der Waals surface area contributed by atoms with E-state index in [4.69, 9.17) is 10.3 Å². The quantitative estimate of drug-likeness (QED) is 0.247. The van der Waals surface area contributed by atoms with Crippen LogP contribution in [0, 0.1) is 0 Å². The fourth-order valence-corrected chi connectivity index (χ4v) is 4.99. The van der Waals surface area contributed by atoms with Crippen LogP contribution in [0.1, 0.15) is 5.56 Å². The molecule has 0 spiro atoms. The Balaban J connectivity index is 1.76. The van der Waals surface area contributed by atoms with Crippen molar-refractivity contribution in [1.29, 1.82) is 0 Å². The summed E-state index contributed by atoms with van der Waals surface area (Å²) in [7, 11) is -9.36. The number of hydrogen-bond donors (Lipinski definition) is 4. The molecule has 1 aliphatic rings. The number of benzene rings is 3. The van der Waals surface area contributed by atoms with Crippen LogP contribution in [0.25, 0.3) is 10.8 Å². The largest absolute Gasteiger partial charge is 0.477 e. The van der Waals surface area contributed by atoms with Crippen molar-refractivity contribution in [3.8, 4) is 0 Å². The zero-order valence-electron chi connectivity index (χ0n) is 18.5. The molecule has 14 nitrogen and oxygen atoms in total. The van der Waals surface area contributed by atoms with Crippen molar-refractivity contribution in [2.24, 2.45) is 21.1 Å². The van der Waals surface area contributed by atoms with Crippen LogP contribution in [-0.4, -0.2) is 54.7 Å². The molecule has 192 valence electrons. The third-order valence-corrected chi connectivity index (χ3v) is 7.16. The molecule has 0 bridgehead atoms. The lowest BCUT2D eigenvalue weighted by Crippen LogP contribution is -2.33. The Morgan fingerprint density at radius 2 is 1.65 bits per heavy atom. The number of hydrogen-bond acceptors (Lipinski definition) is 10. The van der Waals surface area contributed by atoms with Gasteiger partial charge in [0.15, 0.2) is 5.71 Å². The standard InChI is InChI=1S/C21H17N5O9S2/c22-10-11-2-1-3-15-14(11)8-9-16(19(15)37(33,34)35)23-24-17-18(21(28)29)25-26(20(17)27)12-4-6-13(7-5-12)36(30,31)32/h1-9,17H,10,22H2,(H,28,29)(H,30,31,32)(H,33,34,35). The summed E-state index contributed by atoms with van der Waals surface area (Å²) >= 11 is 0. The summed E-state index contributed by atoms with van der Waals surface area (Å²) < 4.78 is 65.8. The highest BCUT2D eigenvalue weighted by Crippen LogP contribution is 2.35. The number of azo groups is 1. The average Bonchev–Trinajstić information content (AvgIpc) is 3.17. The molecule has 3 aromatic rings. The van der Waals surface area contributed by atoms with Gasteiger partial charge in [-0.1, -0.05) is 24.3 Å². The van der Waals surface area contributed by atoms with Crippen LogP contribution in [0.5, 0.6) is 0 Å². The van der Waals surface area contributed by atoms with E-state index < -0.39 is 53.7 Å². The minimum absolute atomic E-state index is 0.0347. The fraction of sp³-hybridized carbons (Fsp3) is 0.0952. The maximum atomic E-state index is 12.9. The van der Waals surface area contributed by atoms with Crippen LogP contribution in [0.15, 0.2) is 79.7 Å². The highest BCUT2D eigenvalue weighted by molar-refractivity contribution is 7.86. The van der Waals surface area contributed by atoms with Gasteiger partial charge < -0.3 is 10.8 Å². The third kappa shape index (κ3) is 4.95. The summed E-state index contributed by atoms with van der Waals surface area (Å²) in [4.78, 5) is 23.6. The molecule has 1 aliphatic heterocycles. The number of aliphatic carboxylic acids is 1. The van der Waals surface area contributed by atoms with E-state index in [1.54, 1.807) is 6.07 Å². The Kier molecular flexibility index (Phi) is 6.61. The number of nitrogens with two attached hydrogens (primary N) is 1. The Hall–Kier alpha value is -4.09. The van der Waals surface area contributed by atoms with Gasteiger partial charge in [0.1, 0.15) is 10.6 Å². The second-order valence-corrected chi connectivity index (χ2v) is 10.4. The molecule has 0 aromatic heterocycles. The summed E-state index contributed by atoms with van der Waals surface area (Å²) in [5.41, 5.74) is 5.15. The number of hydrazone groups is 1. The molecule has 4 rings (SSSR count). The molecule has 1 unspecified atom stereocenters. The molecule has 0 fully saturated rings. The van der Waals surface area contributed by atoms with Crippen molar-refractivity contribution in [2.75, 3.05) is 5.01 Å². The van der Waals surface area contributed by atoms with Crippen molar-refractivity contribution >= 4 is 60.0 Å². The lowest BCUT2D eigenvalue weighted by atomic mass is 10.0.